The third-order valence-corrected chi connectivity index (χ3v) is 4.89. The topological polar surface area (TPSA) is 64.4 Å². The van der Waals surface area contributed by atoms with E-state index in [1.165, 1.54) is 11.0 Å². The van der Waals surface area contributed by atoms with E-state index in [4.69, 9.17) is 4.74 Å². The van der Waals surface area contributed by atoms with E-state index in [0.717, 1.165) is 36.9 Å². The lowest BCUT2D eigenvalue weighted by Crippen LogP contribution is -2.56. The number of rotatable bonds is 4. The van der Waals surface area contributed by atoms with Gasteiger partial charge in [-0.2, -0.15) is 13.2 Å². The molecule has 2 fully saturated rings. The van der Waals surface area contributed by atoms with Crippen LogP contribution in [0, 0.1) is 6.92 Å². The van der Waals surface area contributed by atoms with Gasteiger partial charge in [0.25, 0.3) is 11.5 Å². The quantitative estimate of drug-likeness (QED) is 0.801. The van der Waals surface area contributed by atoms with Crippen LogP contribution >= 0.6 is 0 Å². The van der Waals surface area contributed by atoms with Crippen LogP contribution in [0.2, 0.25) is 0 Å². The van der Waals surface area contributed by atoms with Crippen molar-refractivity contribution in [1.29, 1.82) is 0 Å². The van der Waals surface area contributed by atoms with Gasteiger partial charge in [-0.1, -0.05) is 0 Å². The molecule has 9 heteroatoms. The average molecular weight is 393 g/mol. The largest absolute Gasteiger partial charge is 0.486 e. The molecule has 0 spiro atoms. The fourth-order valence-electron chi connectivity index (χ4n) is 3.29. The minimum absolute atomic E-state index is 0.0920. The molecule has 3 heterocycles. The van der Waals surface area contributed by atoms with Crippen LogP contribution in [-0.4, -0.2) is 39.6 Å². The van der Waals surface area contributed by atoms with Gasteiger partial charge in [0.05, 0.1) is 18.7 Å². The minimum atomic E-state index is -4.54. The molecule has 0 radical (unpaired) electrons. The summed E-state index contributed by atoms with van der Waals surface area (Å²) in [4.78, 5) is 29.3. The predicted octanol–water partition coefficient (Wildman–Crippen LogP) is 2.81. The van der Waals surface area contributed by atoms with E-state index in [9.17, 15) is 22.8 Å². The fraction of sp³-hybridized carbons (Fsp3) is 0.421. The average Bonchev–Trinajstić information content (AvgIpc) is 3.41. The van der Waals surface area contributed by atoms with E-state index in [2.05, 4.69) is 4.98 Å². The van der Waals surface area contributed by atoms with Crippen LogP contribution in [0.5, 0.6) is 5.75 Å². The van der Waals surface area contributed by atoms with Crippen molar-refractivity contribution in [2.24, 2.45) is 0 Å². The number of hydrogen-bond acceptors (Lipinski definition) is 4. The molecule has 1 aliphatic carbocycles. The van der Waals surface area contributed by atoms with Crippen molar-refractivity contribution < 1.29 is 22.7 Å². The Morgan fingerprint density at radius 1 is 1.21 bits per heavy atom. The van der Waals surface area contributed by atoms with Crippen LogP contribution < -0.4 is 10.3 Å². The minimum Gasteiger partial charge on any atom is -0.486 e. The summed E-state index contributed by atoms with van der Waals surface area (Å²) >= 11 is 0. The lowest BCUT2D eigenvalue weighted by Gasteiger charge is -2.39. The van der Waals surface area contributed by atoms with Crippen molar-refractivity contribution in [2.45, 2.75) is 38.1 Å². The number of halogens is 3. The number of hydrogen-bond donors (Lipinski definition) is 0. The maximum Gasteiger partial charge on any atom is 0.433 e. The second-order valence-corrected chi connectivity index (χ2v) is 7.15. The maximum absolute atomic E-state index is 12.5. The summed E-state index contributed by atoms with van der Waals surface area (Å²) in [7, 11) is 0. The first-order valence-electron chi connectivity index (χ1n) is 8.95. The molecule has 28 heavy (non-hydrogen) atoms. The number of carbonyl (C=O) groups is 1. The number of aromatic nitrogens is 2. The van der Waals surface area contributed by atoms with Crippen molar-refractivity contribution in [1.82, 2.24) is 14.5 Å². The van der Waals surface area contributed by atoms with Crippen molar-refractivity contribution in [3.8, 4) is 5.75 Å². The van der Waals surface area contributed by atoms with E-state index in [1.807, 2.05) is 13.0 Å². The molecule has 6 nitrogen and oxygen atoms in total. The van der Waals surface area contributed by atoms with Crippen LogP contribution in [-0.2, 0) is 6.18 Å². The third kappa shape index (κ3) is 3.61. The molecule has 2 aromatic heterocycles. The monoisotopic (exact) mass is 393 g/mol. The molecule has 148 valence electrons. The molecule has 0 N–H and O–H groups in total. The van der Waals surface area contributed by atoms with Gasteiger partial charge >= 0.3 is 6.18 Å². The number of carbonyl (C=O) groups excluding carboxylic acids is 1. The van der Waals surface area contributed by atoms with Crippen LogP contribution in [0.15, 0.2) is 35.3 Å². The van der Waals surface area contributed by atoms with Gasteiger partial charge in [-0.15, -0.1) is 0 Å². The molecule has 0 unspecified atom stereocenters. The van der Waals surface area contributed by atoms with Crippen molar-refractivity contribution >= 4 is 5.91 Å². The first-order valence-corrected chi connectivity index (χ1v) is 8.95. The molecular weight excluding hydrogens is 375 g/mol. The number of likely N-dealkylation sites (tertiary alicyclic amines) is 1. The van der Waals surface area contributed by atoms with E-state index in [-0.39, 0.29) is 23.3 Å². The summed E-state index contributed by atoms with van der Waals surface area (Å²) in [5.74, 6) is 0.0640. The highest BCUT2D eigenvalue weighted by molar-refractivity contribution is 5.94. The summed E-state index contributed by atoms with van der Waals surface area (Å²) in [5.41, 5.74) is -0.201. The Labute approximate surface area is 158 Å². The second-order valence-electron chi connectivity index (χ2n) is 7.15. The lowest BCUT2D eigenvalue weighted by molar-refractivity contribution is -0.141. The van der Waals surface area contributed by atoms with Gasteiger partial charge in [0, 0.05) is 24.0 Å². The molecule has 1 aliphatic heterocycles. The Bertz CT molecular complexity index is 959. The number of nitrogens with zero attached hydrogens (tertiary/aromatic N) is 3. The Hall–Kier alpha value is -2.84. The van der Waals surface area contributed by atoms with Crippen LogP contribution in [0.25, 0.3) is 0 Å². The first-order chi connectivity index (χ1) is 13.2. The van der Waals surface area contributed by atoms with Gasteiger partial charge in [0.15, 0.2) is 0 Å². The Morgan fingerprint density at radius 2 is 1.93 bits per heavy atom. The van der Waals surface area contributed by atoms with Gasteiger partial charge < -0.3 is 14.2 Å². The molecule has 2 aromatic rings. The second kappa shape index (κ2) is 6.65. The Kier molecular flexibility index (Phi) is 4.40. The van der Waals surface area contributed by atoms with E-state index in [0.29, 0.717) is 18.8 Å². The molecule has 4 rings (SSSR count). The van der Waals surface area contributed by atoms with Crippen LogP contribution in [0.3, 0.4) is 0 Å². The normalized spacial score (nSPS) is 17.4. The zero-order valence-electron chi connectivity index (χ0n) is 15.1. The molecule has 1 saturated heterocycles. The van der Waals surface area contributed by atoms with E-state index in [1.54, 1.807) is 4.57 Å². The summed E-state index contributed by atoms with van der Waals surface area (Å²) < 4.78 is 45.2. The molecule has 1 amide bonds. The summed E-state index contributed by atoms with van der Waals surface area (Å²) in [6.45, 7) is 2.45. The molecule has 0 bridgehead atoms. The standard InChI is InChI=1S/C19H18F3N3O3/c1-11-6-14(7-17(26)25(11)13-3-4-13)28-15-9-24(10-15)18(27)12-2-5-16(23-8-12)19(20,21)22/h2,5-8,13,15H,3-4,9-10H2,1H3. The molecule has 1 saturated carbocycles. The third-order valence-electron chi connectivity index (χ3n) is 4.89. The number of aryl methyl sites for hydroxylation is 1. The highest BCUT2D eigenvalue weighted by Crippen LogP contribution is 2.35. The van der Waals surface area contributed by atoms with Gasteiger partial charge in [-0.25, -0.2) is 0 Å². The van der Waals surface area contributed by atoms with Crippen LogP contribution in [0.1, 0.15) is 40.6 Å². The fourth-order valence-corrected chi connectivity index (χ4v) is 3.29. The van der Waals surface area contributed by atoms with Gasteiger partial charge in [0.2, 0.25) is 0 Å². The molecule has 2 aliphatic rings. The molecule has 0 aromatic carbocycles. The van der Waals surface area contributed by atoms with E-state index >= 15 is 0 Å². The summed E-state index contributed by atoms with van der Waals surface area (Å²) in [5, 5.41) is 0. The Morgan fingerprint density at radius 3 is 2.46 bits per heavy atom. The molecule has 0 atom stereocenters. The number of pyridine rings is 2. The highest BCUT2D eigenvalue weighted by atomic mass is 19.4. The van der Waals surface area contributed by atoms with Gasteiger partial charge in [0.1, 0.15) is 17.5 Å². The lowest BCUT2D eigenvalue weighted by atomic mass is 10.1. The van der Waals surface area contributed by atoms with Crippen molar-refractivity contribution in [2.75, 3.05) is 13.1 Å². The summed E-state index contributed by atoms with van der Waals surface area (Å²) in [6.07, 6.45) is -1.84. The van der Waals surface area contributed by atoms with Crippen LogP contribution in [0.4, 0.5) is 13.2 Å². The van der Waals surface area contributed by atoms with Crippen molar-refractivity contribution in [3.63, 3.8) is 0 Å². The number of alkyl halides is 3. The molecular formula is C19H18F3N3O3. The van der Waals surface area contributed by atoms with Gasteiger partial charge in [-0.3, -0.25) is 14.6 Å². The SMILES string of the molecule is Cc1cc(OC2CN(C(=O)c3ccc(C(F)(F)F)nc3)C2)cc(=O)n1C1CC1. The Balaban J connectivity index is 1.36. The zero-order chi connectivity index (χ0) is 20.1. The maximum atomic E-state index is 12.5. The van der Waals surface area contributed by atoms with Gasteiger partial charge in [-0.05, 0) is 38.0 Å². The zero-order valence-corrected chi connectivity index (χ0v) is 15.1. The van der Waals surface area contributed by atoms with E-state index < -0.39 is 17.8 Å². The number of ether oxygens (including phenoxy) is 1. The highest BCUT2D eigenvalue weighted by Gasteiger charge is 2.35. The predicted molar refractivity (Wildman–Crippen MR) is 93.3 cm³/mol. The van der Waals surface area contributed by atoms with Crippen molar-refractivity contribution in [3.05, 3.63) is 57.8 Å². The summed E-state index contributed by atoms with van der Waals surface area (Å²) in [6, 6.07) is 5.46. The first kappa shape index (κ1) is 18.5. The number of amides is 1. The smallest absolute Gasteiger partial charge is 0.433 e.